The highest BCUT2D eigenvalue weighted by Crippen LogP contribution is 2.16. The van der Waals surface area contributed by atoms with Gasteiger partial charge in [0.15, 0.2) is 0 Å². The van der Waals surface area contributed by atoms with Crippen LogP contribution in [-0.2, 0) is 9.47 Å². The lowest BCUT2D eigenvalue weighted by atomic mass is 10.3. The van der Waals surface area contributed by atoms with Gasteiger partial charge in [0.2, 0.25) is 12.2 Å². The molecule has 0 aliphatic carbocycles. The van der Waals surface area contributed by atoms with Crippen molar-refractivity contribution in [3.8, 4) is 36.4 Å². The fourth-order valence-electron chi connectivity index (χ4n) is 0.653. The van der Waals surface area contributed by atoms with Crippen LogP contribution in [-0.4, -0.2) is 18.0 Å². The maximum Gasteiger partial charge on any atom is 0.355 e. The number of hydrogen-bond donors (Lipinski definition) is 0. The summed E-state index contributed by atoms with van der Waals surface area (Å²) in [7, 11) is 0. The van der Waals surface area contributed by atoms with Gasteiger partial charge in [0.1, 0.15) is 36.4 Å². The molecule has 80 valence electrons. The van der Waals surface area contributed by atoms with Crippen molar-refractivity contribution in [3.63, 3.8) is 0 Å². The third kappa shape index (κ3) is 3.49. The molecule has 0 aromatic carbocycles. The van der Waals surface area contributed by atoms with E-state index in [1.165, 1.54) is 36.4 Å². The third-order valence-corrected chi connectivity index (χ3v) is 1.33. The fraction of sp³-hybridized carbons (Fsp3) is 0.333. The van der Waals surface area contributed by atoms with E-state index in [1.54, 1.807) is 0 Å². The highest BCUT2D eigenvalue weighted by atomic mass is 16.7. The summed E-state index contributed by atoms with van der Waals surface area (Å²) < 4.78 is 9.00. The summed E-state index contributed by atoms with van der Waals surface area (Å²) in [5.74, 6) is -2.65. The van der Waals surface area contributed by atoms with Crippen molar-refractivity contribution < 1.29 is 9.47 Å². The van der Waals surface area contributed by atoms with Crippen LogP contribution in [0.1, 0.15) is 0 Å². The summed E-state index contributed by atoms with van der Waals surface area (Å²) in [6.45, 7) is 0. The Labute approximate surface area is 96.2 Å². The highest BCUT2D eigenvalue weighted by molar-refractivity contribution is 5.17. The molecule has 0 spiro atoms. The molecule has 0 saturated carbocycles. The molecule has 0 atom stereocenters. The molecule has 0 saturated heterocycles. The molecule has 0 fully saturated rings. The monoisotopic (exact) mass is 226 g/mol. The minimum atomic E-state index is -2.65. The number of ether oxygens (including phenoxy) is 2. The van der Waals surface area contributed by atoms with E-state index in [0.717, 1.165) is 0 Å². The molecule has 0 aliphatic rings. The van der Waals surface area contributed by atoms with Crippen molar-refractivity contribution in [1.29, 1.82) is 31.6 Å². The van der Waals surface area contributed by atoms with E-state index >= 15 is 0 Å². The summed E-state index contributed by atoms with van der Waals surface area (Å²) in [6.07, 6.45) is -3.46. The second-order valence-electron chi connectivity index (χ2n) is 2.35. The Kier molecular flexibility index (Phi) is 5.19. The van der Waals surface area contributed by atoms with E-state index in [9.17, 15) is 0 Å². The van der Waals surface area contributed by atoms with Gasteiger partial charge in [0, 0.05) is 0 Å². The van der Waals surface area contributed by atoms with Crippen LogP contribution in [0.4, 0.5) is 0 Å². The van der Waals surface area contributed by atoms with E-state index in [4.69, 9.17) is 31.6 Å². The maximum absolute atomic E-state index is 8.70. The fourth-order valence-corrected chi connectivity index (χ4v) is 0.653. The normalized spacial score (nSPS) is 9.18. The molecule has 0 bridgehead atoms. The largest absolute Gasteiger partial charge is 0.355 e. The first kappa shape index (κ1) is 13.9. The topological polar surface area (TPSA) is 161 Å². The van der Waals surface area contributed by atoms with E-state index in [0.29, 0.717) is 0 Å². The average molecular weight is 226 g/mol. The summed E-state index contributed by atoms with van der Waals surface area (Å²) >= 11 is 0. The van der Waals surface area contributed by atoms with Crippen LogP contribution in [0.5, 0.6) is 0 Å². The molecular formula is C9H2N6O2. The Morgan fingerprint density at radius 1 is 0.647 bits per heavy atom. The van der Waals surface area contributed by atoms with Crippen LogP contribution >= 0.6 is 0 Å². The molecule has 0 rings (SSSR count). The van der Waals surface area contributed by atoms with Crippen molar-refractivity contribution >= 4 is 0 Å². The zero-order valence-corrected chi connectivity index (χ0v) is 8.15. The van der Waals surface area contributed by atoms with E-state index in [2.05, 4.69) is 9.47 Å². The van der Waals surface area contributed by atoms with Gasteiger partial charge in [-0.05, 0) is 0 Å². The maximum atomic E-state index is 8.70. The molecule has 0 N–H and O–H groups in total. The molecule has 0 aromatic heterocycles. The minimum absolute atomic E-state index is 1.25. The minimum Gasteiger partial charge on any atom is -0.293 e. The molecule has 0 unspecified atom stereocenters. The van der Waals surface area contributed by atoms with Gasteiger partial charge >= 0.3 is 5.79 Å². The van der Waals surface area contributed by atoms with Crippen molar-refractivity contribution in [2.45, 2.75) is 18.0 Å². The molecule has 8 nitrogen and oxygen atoms in total. The zero-order valence-electron chi connectivity index (χ0n) is 8.15. The van der Waals surface area contributed by atoms with Gasteiger partial charge in [-0.3, -0.25) is 9.47 Å². The molecule has 0 aromatic rings. The van der Waals surface area contributed by atoms with Crippen LogP contribution < -0.4 is 0 Å². The molecule has 0 aliphatic heterocycles. The molecule has 0 amide bonds. The second-order valence-corrected chi connectivity index (χ2v) is 2.35. The van der Waals surface area contributed by atoms with E-state index in [-0.39, 0.29) is 0 Å². The predicted octanol–water partition coefficient (Wildman–Crippen LogP) is -0.405. The Balaban J connectivity index is 5.13. The standard InChI is InChI=1S/C9H2N6O2/c10-1-7(2-11)16-9(5-14,6-15)17-8(3-12)4-13/h7-8H. The molecule has 0 heterocycles. The van der Waals surface area contributed by atoms with E-state index in [1.807, 2.05) is 0 Å². The Hall–Kier alpha value is -3.14. The lowest BCUT2D eigenvalue weighted by Crippen LogP contribution is -2.39. The number of hydrogen-bond acceptors (Lipinski definition) is 8. The number of rotatable bonds is 4. The lowest BCUT2D eigenvalue weighted by Gasteiger charge is -2.19. The van der Waals surface area contributed by atoms with Crippen LogP contribution in [0.25, 0.3) is 0 Å². The summed E-state index contributed by atoms with van der Waals surface area (Å²) in [5, 5.41) is 51.1. The van der Waals surface area contributed by atoms with Crippen molar-refractivity contribution in [1.82, 2.24) is 0 Å². The first-order valence-electron chi connectivity index (χ1n) is 3.88. The Bertz CT molecular complexity index is 451. The third-order valence-electron chi connectivity index (χ3n) is 1.33. The van der Waals surface area contributed by atoms with Crippen LogP contribution in [0.15, 0.2) is 0 Å². The molecule has 0 radical (unpaired) electrons. The molecule has 17 heavy (non-hydrogen) atoms. The van der Waals surface area contributed by atoms with Crippen molar-refractivity contribution in [2.75, 3.05) is 0 Å². The second kappa shape index (κ2) is 6.36. The van der Waals surface area contributed by atoms with Crippen LogP contribution in [0, 0.1) is 68.0 Å². The van der Waals surface area contributed by atoms with Gasteiger partial charge in [-0.15, -0.1) is 0 Å². The lowest BCUT2D eigenvalue weighted by molar-refractivity contribution is -0.170. The van der Waals surface area contributed by atoms with Gasteiger partial charge in [0.25, 0.3) is 0 Å². The van der Waals surface area contributed by atoms with Gasteiger partial charge in [-0.2, -0.15) is 31.6 Å². The SMILES string of the molecule is N#CC(C#N)OC(C#N)(C#N)OC(C#N)C#N. The van der Waals surface area contributed by atoms with Crippen LogP contribution in [0.3, 0.4) is 0 Å². The first-order chi connectivity index (χ1) is 8.11. The van der Waals surface area contributed by atoms with E-state index < -0.39 is 18.0 Å². The molecular weight excluding hydrogens is 224 g/mol. The van der Waals surface area contributed by atoms with Gasteiger partial charge in [-0.25, -0.2) is 0 Å². The Morgan fingerprint density at radius 3 is 1.12 bits per heavy atom. The van der Waals surface area contributed by atoms with Gasteiger partial charge in [0.05, 0.1) is 0 Å². The highest BCUT2D eigenvalue weighted by Gasteiger charge is 2.39. The smallest absolute Gasteiger partial charge is 0.293 e. The number of nitriles is 6. The van der Waals surface area contributed by atoms with Gasteiger partial charge < -0.3 is 0 Å². The molecule has 8 heteroatoms. The number of nitrogens with zero attached hydrogens (tertiary/aromatic N) is 6. The van der Waals surface area contributed by atoms with Gasteiger partial charge in [-0.1, -0.05) is 0 Å². The quantitative estimate of drug-likeness (QED) is 0.584. The average Bonchev–Trinajstić information content (AvgIpc) is 2.40. The summed E-state index contributed by atoms with van der Waals surface area (Å²) in [4.78, 5) is 0. The predicted molar refractivity (Wildman–Crippen MR) is 46.2 cm³/mol. The summed E-state index contributed by atoms with van der Waals surface area (Å²) in [6, 6.07) is 7.92. The van der Waals surface area contributed by atoms with Crippen molar-refractivity contribution in [2.24, 2.45) is 0 Å². The zero-order chi connectivity index (χ0) is 13.3. The summed E-state index contributed by atoms with van der Waals surface area (Å²) in [5.41, 5.74) is 0. The first-order valence-corrected chi connectivity index (χ1v) is 3.88. The van der Waals surface area contributed by atoms with Crippen molar-refractivity contribution in [3.05, 3.63) is 0 Å². The van der Waals surface area contributed by atoms with Crippen LogP contribution in [0.2, 0.25) is 0 Å². The Morgan fingerprint density at radius 2 is 0.941 bits per heavy atom.